The SMILES string of the molecule is CCCCC(C)NCc1cccc2[nH]ccc12. The van der Waals surface area contributed by atoms with Gasteiger partial charge in [-0.3, -0.25) is 0 Å². The lowest BCUT2D eigenvalue weighted by Gasteiger charge is -2.13. The summed E-state index contributed by atoms with van der Waals surface area (Å²) in [6.45, 7) is 5.47. The quantitative estimate of drug-likeness (QED) is 0.775. The highest BCUT2D eigenvalue weighted by Gasteiger charge is 2.04. The summed E-state index contributed by atoms with van der Waals surface area (Å²) in [7, 11) is 0. The molecule has 92 valence electrons. The molecule has 0 spiro atoms. The predicted octanol–water partition coefficient (Wildman–Crippen LogP) is 3.84. The van der Waals surface area contributed by atoms with Gasteiger partial charge in [-0.1, -0.05) is 31.9 Å². The second-order valence-corrected chi connectivity index (χ2v) is 4.78. The average molecular weight is 230 g/mol. The average Bonchev–Trinajstić information content (AvgIpc) is 2.82. The molecule has 2 heteroatoms. The van der Waals surface area contributed by atoms with E-state index in [0.717, 1.165) is 6.54 Å². The minimum absolute atomic E-state index is 0.601. The first-order valence-corrected chi connectivity index (χ1v) is 6.59. The van der Waals surface area contributed by atoms with Crippen LogP contribution in [0.4, 0.5) is 0 Å². The number of benzene rings is 1. The molecule has 17 heavy (non-hydrogen) atoms. The van der Waals surface area contributed by atoms with E-state index in [0.29, 0.717) is 6.04 Å². The third-order valence-electron chi connectivity index (χ3n) is 3.32. The monoisotopic (exact) mass is 230 g/mol. The highest BCUT2D eigenvalue weighted by molar-refractivity contribution is 5.82. The first-order chi connectivity index (χ1) is 8.31. The van der Waals surface area contributed by atoms with Gasteiger partial charge in [-0.25, -0.2) is 0 Å². The Labute approximate surface area is 103 Å². The Hall–Kier alpha value is -1.28. The van der Waals surface area contributed by atoms with Crippen molar-refractivity contribution >= 4 is 10.9 Å². The van der Waals surface area contributed by atoms with Crippen LogP contribution in [-0.4, -0.2) is 11.0 Å². The van der Waals surface area contributed by atoms with Crippen LogP contribution in [0.15, 0.2) is 30.5 Å². The van der Waals surface area contributed by atoms with Crippen LogP contribution in [0.1, 0.15) is 38.7 Å². The fraction of sp³-hybridized carbons (Fsp3) is 0.467. The number of H-pyrrole nitrogens is 1. The molecule has 1 unspecified atom stereocenters. The molecule has 2 aromatic rings. The topological polar surface area (TPSA) is 27.8 Å². The number of aromatic amines is 1. The van der Waals surface area contributed by atoms with Crippen LogP contribution in [0.2, 0.25) is 0 Å². The van der Waals surface area contributed by atoms with Crippen molar-refractivity contribution in [2.75, 3.05) is 0 Å². The molecular formula is C15H22N2. The first kappa shape index (κ1) is 12.2. The van der Waals surface area contributed by atoms with E-state index in [-0.39, 0.29) is 0 Å². The number of unbranched alkanes of at least 4 members (excludes halogenated alkanes) is 1. The molecule has 1 aromatic carbocycles. The van der Waals surface area contributed by atoms with E-state index < -0.39 is 0 Å². The minimum Gasteiger partial charge on any atom is -0.361 e. The van der Waals surface area contributed by atoms with Crippen LogP contribution in [0.5, 0.6) is 0 Å². The van der Waals surface area contributed by atoms with Gasteiger partial charge in [-0.15, -0.1) is 0 Å². The van der Waals surface area contributed by atoms with Crippen molar-refractivity contribution in [2.45, 2.75) is 45.7 Å². The lowest BCUT2D eigenvalue weighted by Crippen LogP contribution is -2.25. The van der Waals surface area contributed by atoms with Gasteiger partial charge in [0, 0.05) is 29.7 Å². The van der Waals surface area contributed by atoms with E-state index >= 15 is 0 Å². The minimum atomic E-state index is 0.601. The Morgan fingerprint density at radius 1 is 1.29 bits per heavy atom. The van der Waals surface area contributed by atoms with Crippen molar-refractivity contribution in [3.63, 3.8) is 0 Å². The van der Waals surface area contributed by atoms with E-state index in [9.17, 15) is 0 Å². The molecule has 0 aliphatic heterocycles. The lowest BCUT2D eigenvalue weighted by atomic mass is 10.1. The molecule has 2 rings (SSSR count). The molecule has 0 saturated heterocycles. The number of aromatic nitrogens is 1. The Morgan fingerprint density at radius 3 is 3.00 bits per heavy atom. The Morgan fingerprint density at radius 2 is 2.18 bits per heavy atom. The summed E-state index contributed by atoms with van der Waals surface area (Å²) in [5, 5.41) is 4.94. The van der Waals surface area contributed by atoms with Crippen LogP contribution >= 0.6 is 0 Å². The van der Waals surface area contributed by atoms with Crippen LogP contribution in [-0.2, 0) is 6.54 Å². The molecule has 0 saturated carbocycles. The number of rotatable bonds is 6. The van der Waals surface area contributed by atoms with Crippen molar-refractivity contribution in [3.05, 3.63) is 36.0 Å². The van der Waals surface area contributed by atoms with Crippen molar-refractivity contribution in [1.82, 2.24) is 10.3 Å². The summed E-state index contributed by atoms with van der Waals surface area (Å²) >= 11 is 0. The molecule has 1 atom stereocenters. The normalized spacial score (nSPS) is 13.1. The van der Waals surface area contributed by atoms with E-state index in [4.69, 9.17) is 0 Å². The van der Waals surface area contributed by atoms with Gasteiger partial charge in [0.05, 0.1) is 0 Å². The Balaban J connectivity index is 1.96. The number of hydrogen-bond acceptors (Lipinski definition) is 1. The molecule has 0 fully saturated rings. The largest absolute Gasteiger partial charge is 0.361 e. The highest BCUT2D eigenvalue weighted by Crippen LogP contribution is 2.17. The van der Waals surface area contributed by atoms with Gasteiger partial charge in [-0.2, -0.15) is 0 Å². The van der Waals surface area contributed by atoms with Crippen LogP contribution in [0, 0.1) is 0 Å². The summed E-state index contributed by atoms with van der Waals surface area (Å²) in [5.74, 6) is 0. The van der Waals surface area contributed by atoms with E-state index in [1.54, 1.807) is 0 Å². The van der Waals surface area contributed by atoms with Gasteiger partial charge >= 0.3 is 0 Å². The molecule has 1 heterocycles. The van der Waals surface area contributed by atoms with Crippen LogP contribution in [0.25, 0.3) is 10.9 Å². The molecule has 0 aliphatic carbocycles. The van der Waals surface area contributed by atoms with Gasteiger partial charge < -0.3 is 10.3 Å². The fourth-order valence-corrected chi connectivity index (χ4v) is 2.20. The third-order valence-corrected chi connectivity index (χ3v) is 3.32. The van der Waals surface area contributed by atoms with Crippen molar-refractivity contribution < 1.29 is 0 Å². The van der Waals surface area contributed by atoms with Crippen molar-refractivity contribution in [3.8, 4) is 0 Å². The molecule has 1 aromatic heterocycles. The molecule has 2 nitrogen and oxygen atoms in total. The summed E-state index contributed by atoms with van der Waals surface area (Å²) in [6.07, 6.45) is 5.86. The van der Waals surface area contributed by atoms with Crippen LogP contribution < -0.4 is 5.32 Å². The summed E-state index contributed by atoms with van der Waals surface area (Å²) in [6, 6.07) is 9.20. The maximum Gasteiger partial charge on any atom is 0.0457 e. The summed E-state index contributed by atoms with van der Waals surface area (Å²) in [4.78, 5) is 3.25. The number of nitrogens with one attached hydrogen (secondary N) is 2. The lowest BCUT2D eigenvalue weighted by molar-refractivity contribution is 0.496. The third kappa shape index (κ3) is 3.10. The predicted molar refractivity (Wildman–Crippen MR) is 74.1 cm³/mol. The Bertz CT molecular complexity index is 459. The van der Waals surface area contributed by atoms with Gasteiger partial charge in [0.1, 0.15) is 0 Å². The molecule has 0 aliphatic rings. The Kier molecular flexibility index (Phi) is 4.21. The summed E-state index contributed by atoms with van der Waals surface area (Å²) < 4.78 is 0. The van der Waals surface area contributed by atoms with E-state index in [1.165, 1.54) is 35.7 Å². The smallest absolute Gasteiger partial charge is 0.0457 e. The molecule has 0 amide bonds. The second-order valence-electron chi connectivity index (χ2n) is 4.78. The zero-order valence-corrected chi connectivity index (χ0v) is 10.8. The molecule has 2 N–H and O–H groups in total. The van der Waals surface area contributed by atoms with Gasteiger partial charge in [-0.05, 0) is 31.0 Å². The van der Waals surface area contributed by atoms with Gasteiger partial charge in [0.25, 0.3) is 0 Å². The van der Waals surface area contributed by atoms with E-state index in [2.05, 4.69) is 48.4 Å². The summed E-state index contributed by atoms with van der Waals surface area (Å²) in [5.41, 5.74) is 2.61. The van der Waals surface area contributed by atoms with Crippen LogP contribution in [0.3, 0.4) is 0 Å². The fourth-order valence-electron chi connectivity index (χ4n) is 2.20. The first-order valence-electron chi connectivity index (χ1n) is 6.59. The molecular weight excluding hydrogens is 208 g/mol. The maximum atomic E-state index is 3.60. The number of hydrogen-bond donors (Lipinski definition) is 2. The second kappa shape index (κ2) is 5.87. The number of fused-ring (bicyclic) bond motifs is 1. The van der Waals surface area contributed by atoms with Crippen molar-refractivity contribution in [1.29, 1.82) is 0 Å². The zero-order chi connectivity index (χ0) is 12.1. The highest BCUT2D eigenvalue weighted by atomic mass is 14.9. The molecule has 0 radical (unpaired) electrons. The van der Waals surface area contributed by atoms with E-state index in [1.807, 2.05) is 6.20 Å². The molecule has 0 bridgehead atoms. The standard InChI is InChI=1S/C15H22N2/c1-3-4-6-12(2)17-11-13-7-5-8-15-14(13)9-10-16-15/h5,7-10,12,16-17H,3-4,6,11H2,1-2H3. The van der Waals surface area contributed by atoms with Gasteiger partial charge in [0.2, 0.25) is 0 Å². The van der Waals surface area contributed by atoms with Crippen molar-refractivity contribution in [2.24, 2.45) is 0 Å². The zero-order valence-electron chi connectivity index (χ0n) is 10.8. The maximum absolute atomic E-state index is 3.60. The van der Waals surface area contributed by atoms with Gasteiger partial charge in [0.15, 0.2) is 0 Å².